The molecular formula is C41H43N3. The molecule has 2 fully saturated rings. The summed E-state index contributed by atoms with van der Waals surface area (Å²) in [6.07, 6.45) is 13.4. The minimum absolute atomic E-state index is 1.09. The Kier molecular flexibility index (Phi) is 8.41. The number of piperidine rings is 2. The lowest BCUT2D eigenvalue weighted by molar-refractivity contribution is 0.313. The van der Waals surface area contributed by atoms with Gasteiger partial charge in [-0.3, -0.25) is 4.98 Å². The van der Waals surface area contributed by atoms with Gasteiger partial charge < -0.3 is 9.80 Å². The van der Waals surface area contributed by atoms with Crippen molar-refractivity contribution in [3.63, 3.8) is 0 Å². The second-order valence-electron chi connectivity index (χ2n) is 12.7. The summed E-state index contributed by atoms with van der Waals surface area (Å²) in [7, 11) is 4.44. The number of hydrogen-bond donors (Lipinski definition) is 0. The first-order valence-corrected chi connectivity index (χ1v) is 16.4. The third-order valence-electron chi connectivity index (χ3n) is 9.87. The van der Waals surface area contributed by atoms with E-state index >= 15 is 0 Å². The van der Waals surface area contributed by atoms with Crippen LogP contribution in [0.1, 0.15) is 70.3 Å². The van der Waals surface area contributed by atoms with E-state index in [9.17, 15) is 0 Å². The Bertz CT molecular complexity index is 1610. The molecule has 4 aliphatic rings. The fourth-order valence-corrected chi connectivity index (χ4v) is 7.32. The predicted molar refractivity (Wildman–Crippen MR) is 185 cm³/mol. The van der Waals surface area contributed by atoms with E-state index in [0.29, 0.717) is 0 Å². The quantitative estimate of drug-likeness (QED) is 0.184. The van der Waals surface area contributed by atoms with Crippen LogP contribution in [0.5, 0.6) is 0 Å². The molecule has 0 N–H and O–H groups in total. The zero-order valence-electron chi connectivity index (χ0n) is 26.2. The van der Waals surface area contributed by atoms with E-state index in [1.54, 1.807) is 11.1 Å². The minimum Gasteiger partial charge on any atom is -0.306 e. The number of benzene rings is 3. The fraction of sp³-hybridized carbons (Fsp3) is 0.293. The van der Waals surface area contributed by atoms with Crippen molar-refractivity contribution < 1.29 is 0 Å². The second-order valence-corrected chi connectivity index (χ2v) is 12.7. The normalized spacial score (nSPS) is 18.2. The highest BCUT2D eigenvalue weighted by atomic mass is 15.1. The van der Waals surface area contributed by atoms with Crippen molar-refractivity contribution in [2.24, 2.45) is 0 Å². The van der Waals surface area contributed by atoms with Crippen molar-refractivity contribution in [1.29, 1.82) is 0 Å². The zero-order valence-corrected chi connectivity index (χ0v) is 26.2. The Morgan fingerprint density at radius 2 is 0.955 bits per heavy atom. The van der Waals surface area contributed by atoms with Crippen LogP contribution in [0.3, 0.4) is 0 Å². The molecule has 3 heteroatoms. The summed E-state index contributed by atoms with van der Waals surface area (Å²) >= 11 is 0. The predicted octanol–water partition coefficient (Wildman–Crippen LogP) is 8.41. The average Bonchev–Trinajstić information content (AvgIpc) is 3.34. The van der Waals surface area contributed by atoms with Crippen LogP contribution in [0.2, 0.25) is 0 Å². The van der Waals surface area contributed by atoms with Gasteiger partial charge in [0, 0.05) is 37.9 Å². The first-order valence-electron chi connectivity index (χ1n) is 16.4. The molecule has 222 valence electrons. The molecule has 4 aromatic rings. The van der Waals surface area contributed by atoms with Crippen LogP contribution in [-0.2, 0) is 12.8 Å². The molecule has 0 unspecified atom stereocenters. The highest BCUT2D eigenvalue weighted by Crippen LogP contribution is 2.39. The van der Waals surface area contributed by atoms with E-state index in [-0.39, 0.29) is 0 Å². The Labute approximate surface area is 263 Å². The molecule has 2 aliphatic carbocycles. The molecule has 2 aliphatic heterocycles. The lowest BCUT2D eigenvalue weighted by Crippen LogP contribution is -2.27. The SMILES string of the molecule is CN1CCC(=C2c3ccccc3C=Cc3ccccc32)CC1.CN1CCC(=C2c3ccccc3CCc3cccnc32)CC1. The summed E-state index contributed by atoms with van der Waals surface area (Å²) in [4.78, 5) is 9.63. The topological polar surface area (TPSA) is 19.4 Å². The summed E-state index contributed by atoms with van der Waals surface area (Å²) < 4.78 is 0. The van der Waals surface area contributed by atoms with E-state index in [0.717, 1.165) is 51.9 Å². The summed E-state index contributed by atoms with van der Waals surface area (Å²) in [6, 6.07) is 30.9. The van der Waals surface area contributed by atoms with Crippen LogP contribution in [0.4, 0.5) is 0 Å². The maximum atomic E-state index is 4.78. The molecule has 0 atom stereocenters. The maximum absolute atomic E-state index is 4.78. The van der Waals surface area contributed by atoms with E-state index in [1.165, 1.54) is 68.6 Å². The van der Waals surface area contributed by atoms with Gasteiger partial charge in [0.05, 0.1) is 5.69 Å². The minimum atomic E-state index is 1.09. The molecule has 0 saturated carbocycles. The van der Waals surface area contributed by atoms with E-state index in [4.69, 9.17) is 4.98 Å². The molecule has 3 heterocycles. The summed E-state index contributed by atoms with van der Waals surface area (Å²) in [6.45, 7) is 4.64. The number of likely N-dealkylation sites (tertiary alicyclic amines) is 2. The number of fused-ring (bicyclic) bond motifs is 4. The van der Waals surface area contributed by atoms with Crippen LogP contribution in [0, 0.1) is 0 Å². The van der Waals surface area contributed by atoms with Gasteiger partial charge in [0.25, 0.3) is 0 Å². The molecule has 8 rings (SSSR count). The fourth-order valence-electron chi connectivity index (χ4n) is 7.32. The van der Waals surface area contributed by atoms with E-state index in [2.05, 4.69) is 121 Å². The van der Waals surface area contributed by atoms with Gasteiger partial charge in [-0.15, -0.1) is 0 Å². The number of aromatic nitrogens is 1. The monoisotopic (exact) mass is 577 g/mol. The molecule has 3 nitrogen and oxygen atoms in total. The lowest BCUT2D eigenvalue weighted by Gasteiger charge is -2.27. The van der Waals surface area contributed by atoms with Crippen LogP contribution in [0.25, 0.3) is 23.3 Å². The van der Waals surface area contributed by atoms with Gasteiger partial charge in [0.1, 0.15) is 0 Å². The summed E-state index contributed by atoms with van der Waals surface area (Å²) in [5.74, 6) is 0. The summed E-state index contributed by atoms with van der Waals surface area (Å²) in [5.41, 5.74) is 17.1. The highest BCUT2D eigenvalue weighted by molar-refractivity contribution is 5.95. The molecule has 2 saturated heterocycles. The van der Waals surface area contributed by atoms with Crippen molar-refractivity contribution in [3.8, 4) is 0 Å². The van der Waals surface area contributed by atoms with Gasteiger partial charge >= 0.3 is 0 Å². The van der Waals surface area contributed by atoms with Crippen molar-refractivity contribution in [2.45, 2.75) is 38.5 Å². The third-order valence-corrected chi connectivity index (χ3v) is 9.87. The number of hydrogen-bond acceptors (Lipinski definition) is 3. The van der Waals surface area contributed by atoms with Crippen LogP contribution < -0.4 is 0 Å². The first kappa shape index (κ1) is 28.7. The van der Waals surface area contributed by atoms with Crippen LogP contribution in [0.15, 0.2) is 102 Å². The van der Waals surface area contributed by atoms with Gasteiger partial charge in [-0.05, 0) is 103 Å². The van der Waals surface area contributed by atoms with Crippen LogP contribution in [-0.4, -0.2) is 55.1 Å². The first-order chi connectivity index (χ1) is 21.7. The lowest BCUT2D eigenvalue weighted by atomic mass is 9.86. The van der Waals surface area contributed by atoms with E-state index in [1.807, 2.05) is 6.20 Å². The molecule has 44 heavy (non-hydrogen) atoms. The number of aryl methyl sites for hydroxylation is 2. The Hall–Kier alpha value is -4.05. The molecule has 0 spiro atoms. The standard InChI is InChI=1S/C21H21N.C20H22N2/c1-22-14-12-18(13-15-22)21-19-8-4-2-6-16(19)10-11-17-7-3-5-9-20(17)21;1-22-13-10-16(11-14-22)19-18-7-3-2-5-15(18)8-9-17-6-4-12-21-20(17)19/h2-11H,12-15H2,1H3;2-7,12H,8-11,13-14H2,1H3. The number of pyridine rings is 1. The summed E-state index contributed by atoms with van der Waals surface area (Å²) in [5, 5.41) is 0. The average molecular weight is 578 g/mol. The third kappa shape index (κ3) is 5.87. The molecule has 1 aromatic heterocycles. The van der Waals surface area contributed by atoms with Crippen molar-refractivity contribution >= 4 is 23.3 Å². The second kappa shape index (κ2) is 12.9. The van der Waals surface area contributed by atoms with Gasteiger partial charge in [0.15, 0.2) is 0 Å². The van der Waals surface area contributed by atoms with Gasteiger partial charge in [-0.1, -0.05) is 102 Å². The molecule has 0 bridgehead atoms. The number of nitrogens with zero attached hydrogens (tertiary/aromatic N) is 3. The Morgan fingerprint density at radius 3 is 1.57 bits per heavy atom. The molecule has 3 aromatic carbocycles. The smallest absolute Gasteiger partial charge is 0.0739 e. The van der Waals surface area contributed by atoms with Crippen molar-refractivity contribution in [1.82, 2.24) is 14.8 Å². The largest absolute Gasteiger partial charge is 0.306 e. The molecule has 0 radical (unpaired) electrons. The Morgan fingerprint density at radius 1 is 0.477 bits per heavy atom. The highest BCUT2D eigenvalue weighted by Gasteiger charge is 2.24. The van der Waals surface area contributed by atoms with Gasteiger partial charge in [-0.25, -0.2) is 0 Å². The number of rotatable bonds is 0. The van der Waals surface area contributed by atoms with E-state index < -0.39 is 0 Å². The zero-order chi connectivity index (χ0) is 29.9. The van der Waals surface area contributed by atoms with Crippen LogP contribution >= 0.6 is 0 Å². The molecule has 0 amide bonds. The van der Waals surface area contributed by atoms with Crippen molar-refractivity contribution in [3.05, 3.63) is 147 Å². The van der Waals surface area contributed by atoms with Crippen molar-refractivity contribution in [2.75, 3.05) is 40.3 Å². The maximum Gasteiger partial charge on any atom is 0.0739 e. The Balaban J connectivity index is 0.000000142. The molecular weight excluding hydrogens is 534 g/mol. The van der Waals surface area contributed by atoms with Gasteiger partial charge in [-0.2, -0.15) is 0 Å². The van der Waals surface area contributed by atoms with Gasteiger partial charge in [0.2, 0.25) is 0 Å².